The molecule has 0 aliphatic rings. The molecule has 0 aliphatic carbocycles. The van der Waals surface area contributed by atoms with E-state index >= 15 is 0 Å². The van der Waals surface area contributed by atoms with E-state index in [0.717, 1.165) is 50.2 Å². The number of aromatic nitrogens is 5. The normalized spacial score (nSPS) is 11.4. The van der Waals surface area contributed by atoms with E-state index in [0.29, 0.717) is 5.75 Å². The quantitative estimate of drug-likeness (QED) is 0.248. The fourth-order valence-corrected chi connectivity index (χ4v) is 6.46. The third-order valence-electron chi connectivity index (χ3n) is 5.10. The molecule has 0 saturated carbocycles. The van der Waals surface area contributed by atoms with E-state index in [1.807, 2.05) is 32.0 Å². The zero-order valence-electron chi connectivity index (χ0n) is 17.7. The summed E-state index contributed by atoms with van der Waals surface area (Å²) < 4.78 is 9.77. The first kappa shape index (κ1) is 21.2. The number of hydrogen-bond donors (Lipinski definition) is 0. The van der Waals surface area contributed by atoms with Gasteiger partial charge in [0.15, 0.2) is 9.50 Å². The lowest BCUT2D eigenvalue weighted by Crippen LogP contribution is -2.06. The minimum atomic E-state index is 0.714. The first-order valence-electron chi connectivity index (χ1n) is 10.2. The van der Waals surface area contributed by atoms with Gasteiger partial charge in [-0.3, -0.25) is 0 Å². The Morgan fingerprint density at radius 1 is 0.938 bits per heavy atom. The predicted molar refractivity (Wildman–Crippen MR) is 130 cm³/mol. The molecule has 0 bridgehead atoms. The fourth-order valence-electron chi connectivity index (χ4n) is 3.34. The van der Waals surface area contributed by atoms with Gasteiger partial charge in [0, 0.05) is 11.3 Å². The fraction of sp³-hybridized carbons (Fsp3) is 0.217. The largest absolute Gasteiger partial charge is 0.361 e. The third kappa shape index (κ3) is 4.60. The molecule has 6 nitrogen and oxygen atoms in total. The van der Waals surface area contributed by atoms with Crippen molar-refractivity contribution in [2.24, 2.45) is 0 Å². The molecule has 0 unspecified atom stereocenters. The van der Waals surface area contributed by atoms with Crippen LogP contribution in [0.2, 0.25) is 0 Å². The number of thiazole rings is 1. The summed E-state index contributed by atoms with van der Waals surface area (Å²) in [5, 5.41) is 14.0. The van der Waals surface area contributed by atoms with Crippen molar-refractivity contribution in [3.05, 3.63) is 83.0 Å². The third-order valence-corrected chi connectivity index (χ3v) is 8.27. The van der Waals surface area contributed by atoms with E-state index in [4.69, 9.17) is 9.51 Å². The first-order chi connectivity index (χ1) is 15.7. The predicted octanol–water partition coefficient (Wildman–Crippen LogP) is 6.13. The molecule has 162 valence electrons. The Morgan fingerprint density at radius 2 is 1.75 bits per heavy atom. The molecular formula is C23H21N5OS3. The van der Waals surface area contributed by atoms with Gasteiger partial charge in [0.1, 0.15) is 11.6 Å². The smallest absolute Gasteiger partial charge is 0.191 e. The van der Waals surface area contributed by atoms with Crippen LogP contribution in [0.15, 0.2) is 68.6 Å². The first-order valence-corrected chi connectivity index (χ1v) is 12.9. The van der Waals surface area contributed by atoms with Gasteiger partial charge >= 0.3 is 0 Å². The maximum Gasteiger partial charge on any atom is 0.191 e. The number of rotatable bonds is 8. The highest BCUT2D eigenvalue weighted by Gasteiger charge is 2.17. The Kier molecular flexibility index (Phi) is 6.29. The van der Waals surface area contributed by atoms with E-state index in [1.165, 1.54) is 10.3 Å². The van der Waals surface area contributed by atoms with Gasteiger partial charge < -0.3 is 9.09 Å². The van der Waals surface area contributed by atoms with Crippen molar-refractivity contribution in [1.29, 1.82) is 0 Å². The van der Waals surface area contributed by atoms with Crippen molar-refractivity contribution in [2.75, 3.05) is 0 Å². The number of thioether (sulfide) groups is 2. The molecule has 5 aromatic rings. The van der Waals surface area contributed by atoms with Gasteiger partial charge in [-0.2, -0.15) is 0 Å². The van der Waals surface area contributed by atoms with Crippen molar-refractivity contribution < 1.29 is 4.52 Å². The number of para-hydroxylation sites is 1. The average molecular weight is 480 g/mol. The van der Waals surface area contributed by atoms with Gasteiger partial charge in [0.05, 0.1) is 28.2 Å². The van der Waals surface area contributed by atoms with Crippen LogP contribution < -0.4 is 0 Å². The Hall–Kier alpha value is -2.62. The number of aryl methyl sites for hydroxylation is 2. The second-order valence-corrected chi connectivity index (χ2v) is 10.5. The molecule has 0 fully saturated rings. The summed E-state index contributed by atoms with van der Waals surface area (Å²) in [6.07, 6.45) is 0. The zero-order valence-corrected chi connectivity index (χ0v) is 20.1. The lowest BCUT2D eigenvalue weighted by atomic mass is 10.2. The van der Waals surface area contributed by atoms with Gasteiger partial charge in [0.2, 0.25) is 0 Å². The van der Waals surface area contributed by atoms with Crippen molar-refractivity contribution >= 4 is 45.1 Å². The molecule has 0 radical (unpaired) electrons. The van der Waals surface area contributed by atoms with E-state index < -0.39 is 0 Å². The Balaban J connectivity index is 1.38. The zero-order chi connectivity index (χ0) is 21.9. The van der Waals surface area contributed by atoms with Crippen LogP contribution in [0.1, 0.15) is 28.4 Å². The van der Waals surface area contributed by atoms with Crippen LogP contribution in [0.3, 0.4) is 0 Å². The highest BCUT2D eigenvalue weighted by Crippen LogP contribution is 2.32. The molecule has 9 heteroatoms. The molecule has 0 saturated heterocycles. The maximum atomic E-state index is 5.31. The summed E-state index contributed by atoms with van der Waals surface area (Å²) in [6.45, 7) is 4.65. The summed E-state index contributed by atoms with van der Waals surface area (Å²) in [7, 11) is 0. The van der Waals surface area contributed by atoms with Crippen molar-refractivity contribution in [3.63, 3.8) is 0 Å². The summed E-state index contributed by atoms with van der Waals surface area (Å²) in [5.74, 6) is 3.26. The molecular weight excluding hydrogens is 458 g/mol. The molecule has 2 aromatic carbocycles. The van der Waals surface area contributed by atoms with Crippen molar-refractivity contribution in [3.8, 4) is 0 Å². The molecule has 0 N–H and O–H groups in total. The molecule has 0 amide bonds. The highest BCUT2D eigenvalue weighted by molar-refractivity contribution is 8.00. The monoisotopic (exact) mass is 479 g/mol. The van der Waals surface area contributed by atoms with Crippen molar-refractivity contribution in [1.82, 2.24) is 24.9 Å². The molecule has 3 heterocycles. The molecule has 32 heavy (non-hydrogen) atoms. The Bertz CT molecular complexity index is 1290. The number of fused-ring (bicyclic) bond motifs is 1. The van der Waals surface area contributed by atoms with Crippen molar-refractivity contribution in [2.45, 2.75) is 41.4 Å². The van der Waals surface area contributed by atoms with Gasteiger partial charge in [-0.05, 0) is 31.5 Å². The summed E-state index contributed by atoms with van der Waals surface area (Å²) in [4.78, 5) is 4.74. The van der Waals surface area contributed by atoms with E-state index in [9.17, 15) is 0 Å². The Labute approximate surface area is 198 Å². The van der Waals surface area contributed by atoms with Gasteiger partial charge in [-0.1, -0.05) is 71.1 Å². The SMILES string of the molecule is Cc1noc(C)c1CSc1nnc(CSc2nc3ccccc3s2)n1Cc1ccccc1. The molecule has 0 aliphatic heterocycles. The van der Waals surface area contributed by atoms with Crippen LogP contribution in [-0.2, 0) is 18.1 Å². The summed E-state index contributed by atoms with van der Waals surface area (Å²) in [6, 6.07) is 18.7. The second-order valence-electron chi connectivity index (χ2n) is 7.30. The summed E-state index contributed by atoms with van der Waals surface area (Å²) >= 11 is 5.09. The lowest BCUT2D eigenvalue weighted by Gasteiger charge is -2.10. The lowest BCUT2D eigenvalue weighted by molar-refractivity contribution is 0.392. The molecule has 0 spiro atoms. The number of hydrogen-bond acceptors (Lipinski definition) is 8. The number of benzene rings is 2. The van der Waals surface area contributed by atoms with Crippen LogP contribution in [0.4, 0.5) is 0 Å². The maximum absolute atomic E-state index is 5.31. The standard InChI is InChI=1S/C23H21N5OS3/c1-15-18(16(2)29-27-15)13-30-22-26-25-21(28(22)12-17-8-4-3-5-9-17)14-31-23-24-19-10-6-7-11-20(19)32-23/h3-11H,12-14H2,1-2H3. The van der Waals surface area contributed by atoms with E-state index in [-0.39, 0.29) is 0 Å². The van der Waals surface area contributed by atoms with Crippen LogP contribution in [0.5, 0.6) is 0 Å². The molecule has 5 rings (SSSR count). The average Bonchev–Trinajstić information content (AvgIpc) is 3.49. The van der Waals surface area contributed by atoms with Crippen LogP contribution in [0.25, 0.3) is 10.2 Å². The van der Waals surface area contributed by atoms with Crippen LogP contribution in [-0.4, -0.2) is 24.9 Å². The summed E-state index contributed by atoms with van der Waals surface area (Å²) in [5.41, 5.74) is 4.31. The second kappa shape index (κ2) is 9.48. The molecule has 0 atom stereocenters. The van der Waals surface area contributed by atoms with Gasteiger partial charge in [-0.15, -0.1) is 21.5 Å². The minimum absolute atomic E-state index is 0.714. The van der Waals surface area contributed by atoms with Gasteiger partial charge in [-0.25, -0.2) is 4.98 Å². The van der Waals surface area contributed by atoms with Gasteiger partial charge in [0.25, 0.3) is 0 Å². The van der Waals surface area contributed by atoms with Crippen LogP contribution >= 0.6 is 34.9 Å². The number of nitrogens with zero attached hydrogens (tertiary/aromatic N) is 5. The minimum Gasteiger partial charge on any atom is -0.361 e. The van der Waals surface area contributed by atoms with E-state index in [1.54, 1.807) is 34.9 Å². The topological polar surface area (TPSA) is 69.6 Å². The molecule has 3 aromatic heterocycles. The highest BCUT2D eigenvalue weighted by atomic mass is 32.2. The Morgan fingerprint density at radius 3 is 2.53 bits per heavy atom. The van der Waals surface area contributed by atoms with Crippen LogP contribution in [0, 0.1) is 13.8 Å². The van der Waals surface area contributed by atoms with E-state index in [2.05, 4.69) is 56.3 Å².